The van der Waals surface area contributed by atoms with E-state index in [2.05, 4.69) is 21.2 Å². The molecule has 0 aliphatic heterocycles. The Morgan fingerprint density at radius 2 is 1.88 bits per heavy atom. The van der Waals surface area contributed by atoms with E-state index in [-0.39, 0.29) is 20.7 Å². The minimum atomic E-state index is -4.36. The molecule has 9 nitrogen and oxygen atoms in total. The fourth-order valence-electron chi connectivity index (χ4n) is 2.67. The normalized spacial score (nSPS) is 11.4. The van der Waals surface area contributed by atoms with E-state index < -0.39 is 26.6 Å². The van der Waals surface area contributed by atoms with Gasteiger partial charge in [-0.25, -0.2) is 0 Å². The third kappa shape index (κ3) is 6.20. The second kappa shape index (κ2) is 10.5. The van der Waals surface area contributed by atoms with Crippen LogP contribution in [0.1, 0.15) is 5.56 Å². The van der Waals surface area contributed by atoms with E-state index in [1.165, 1.54) is 42.5 Å². The summed E-state index contributed by atoms with van der Waals surface area (Å²) in [5, 5.41) is 23.3. The number of non-ortho nitro benzene ring substituents is 1. The van der Waals surface area contributed by atoms with Crippen molar-refractivity contribution in [2.75, 3.05) is 5.32 Å². The molecule has 0 spiro atoms. The summed E-state index contributed by atoms with van der Waals surface area (Å²) in [4.78, 5) is 22.2. The molecule has 3 aromatic carbocycles. The number of amides is 1. The van der Waals surface area contributed by atoms with Gasteiger partial charge in [-0.3, -0.25) is 14.9 Å². The van der Waals surface area contributed by atoms with Crippen LogP contribution < -0.4 is 9.50 Å². The minimum absolute atomic E-state index is 0.0921. The van der Waals surface area contributed by atoms with Gasteiger partial charge in [0.1, 0.15) is 16.5 Å². The number of rotatable bonds is 7. The summed E-state index contributed by atoms with van der Waals surface area (Å²) in [6, 6.07) is 16.9. The highest BCUT2D eigenvalue weighted by Gasteiger charge is 2.21. The van der Waals surface area contributed by atoms with Crippen molar-refractivity contribution in [1.82, 2.24) is 0 Å². The van der Waals surface area contributed by atoms with Crippen LogP contribution in [0, 0.1) is 21.4 Å². The zero-order chi connectivity index (χ0) is 24.9. The molecule has 3 aromatic rings. The molecule has 0 unspecified atom stereocenters. The molecule has 0 saturated carbocycles. The molecule has 0 aliphatic carbocycles. The van der Waals surface area contributed by atoms with Gasteiger partial charge in [-0.05, 0) is 64.0 Å². The highest BCUT2D eigenvalue weighted by molar-refractivity contribution is 9.10. The van der Waals surface area contributed by atoms with Gasteiger partial charge in [0, 0.05) is 22.8 Å². The Bertz CT molecular complexity index is 1470. The summed E-state index contributed by atoms with van der Waals surface area (Å²) in [5.74, 6) is -0.750. The topological polar surface area (TPSA) is 139 Å². The number of carbonyl (C=O) groups is 1. The molecule has 0 bridgehead atoms. The Morgan fingerprint density at radius 3 is 2.53 bits per heavy atom. The molecule has 1 N–H and O–H groups in total. The Labute approximate surface area is 207 Å². The van der Waals surface area contributed by atoms with Crippen LogP contribution in [0.5, 0.6) is 5.75 Å². The van der Waals surface area contributed by atoms with E-state index >= 15 is 0 Å². The smallest absolute Gasteiger partial charge is 0.339 e. The van der Waals surface area contributed by atoms with Gasteiger partial charge in [0.15, 0.2) is 5.75 Å². The van der Waals surface area contributed by atoms with Crippen molar-refractivity contribution >= 4 is 61.0 Å². The minimum Gasteiger partial charge on any atom is -0.378 e. The van der Waals surface area contributed by atoms with Gasteiger partial charge in [-0.2, -0.15) is 13.7 Å². The molecular formula is C22H13BrClN3O6S. The lowest BCUT2D eigenvalue weighted by Gasteiger charge is -2.09. The highest BCUT2D eigenvalue weighted by Crippen LogP contribution is 2.30. The molecular weight excluding hydrogens is 550 g/mol. The second-order valence-electron chi connectivity index (χ2n) is 6.62. The van der Waals surface area contributed by atoms with Crippen LogP contribution in [0.15, 0.2) is 81.7 Å². The summed E-state index contributed by atoms with van der Waals surface area (Å²) < 4.78 is 30.4. The monoisotopic (exact) mass is 561 g/mol. The number of carbonyl (C=O) groups excluding carboxylic acids is 1. The van der Waals surface area contributed by atoms with Crippen molar-refractivity contribution in [2.24, 2.45) is 0 Å². The van der Waals surface area contributed by atoms with Crippen molar-refractivity contribution in [2.45, 2.75) is 4.90 Å². The van der Waals surface area contributed by atoms with Gasteiger partial charge >= 0.3 is 10.1 Å². The summed E-state index contributed by atoms with van der Waals surface area (Å²) >= 11 is 9.09. The fraction of sp³-hybridized carbons (Fsp3) is 0. The van der Waals surface area contributed by atoms with Crippen LogP contribution in [0.3, 0.4) is 0 Å². The zero-order valence-electron chi connectivity index (χ0n) is 16.9. The van der Waals surface area contributed by atoms with Crippen molar-refractivity contribution in [3.63, 3.8) is 0 Å². The first-order valence-electron chi connectivity index (χ1n) is 9.26. The molecule has 0 radical (unpaired) electrons. The number of nitrogens with one attached hydrogen (secondary N) is 1. The van der Waals surface area contributed by atoms with Crippen molar-refractivity contribution in [3.8, 4) is 11.8 Å². The average molecular weight is 563 g/mol. The number of anilines is 1. The Balaban J connectivity index is 1.81. The molecule has 34 heavy (non-hydrogen) atoms. The summed E-state index contributed by atoms with van der Waals surface area (Å²) in [7, 11) is -4.36. The summed E-state index contributed by atoms with van der Waals surface area (Å²) in [6.45, 7) is 0. The molecule has 0 atom stereocenters. The summed E-state index contributed by atoms with van der Waals surface area (Å²) in [6.07, 6.45) is 1.31. The molecule has 0 saturated heterocycles. The van der Waals surface area contributed by atoms with Crippen LogP contribution in [0.25, 0.3) is 6.08 Å². The van der Waals surface area contributed by atoms with E-state index in [1.807, 2.05) is 6.07 Å². The number of nitro groups is 1. The maximum absolute atomic E-state index is 12.5. The zero-order valence-corrected chi connectivity index (χ0v) is 20.1. The second-order valence-corrected chi connectivity index (χ2v) is 9.45. The van der Waals surface area contributed by atoms with E-state index in [1.54, 1.807) is 18.2 Å². The third-order valence-electron chi connectivity index (χ3n) is 4.23. The fourth-order valence-corrected chi connectivity index (χ4v) is 4.44. The molecule has 1 amide bonds. The molecule has 3 rings (SSSR count). The molecule has 0 heterocycles. The maximum atomic E-state index is 12.5. The first-order chi connectivity index (χ1) is 16.1. The van der Waals surface area contributed by atoms with Gasteiger partial charge in [0.2, 0.25) is 0 Å². The van der Waals surface area contributed by atoms with Crippen molar-refractivity contribution < 1.29 is 22.3 Å². The number of nitrogens with zero attached hydrogens (tertiary/aromatic N) is 2. The van der Waals surface area contributed by atoms with E-state index in [0.717, 1.165) is 12.1 Å². The molecule has 0 aliphatic rings. The van der Waals surface area contributed by atoms with Crippen LogP contribution in [-0.2, 0) is 14.9 Å². The molecule has 0 aromatic heterocycles. The largest absolute Gasteiger partial charge is 0.378 e. The lowest BCUT2D eigenvalue weighted by Crippen LogP contribution is -2.13. The maximum Gasteiger partial charge on any atom is 0.339 e. The number of halogens is 2. The standard InChI is InChI=1S/C22H13BrClN3O6S/c23-20-10-14(9-15(13-25)22(28)26-17-4-1-3-16(24)11-17)7-8-21(20)33-34(31,32)19-6-2-5-18(12-19)27(29)30/h1-12H,(H,26,28)/b15-9+. The first-order valence-corrected chi connectivity index (χ1v) is 11.8. The quantitative estimate of drug-likeness (QED) is 0.135. The van der Waals surface area contributed by atoms with E-state index in [4.69, 9.17) is 15.8 Å². The van der Waals surface area contributed by atoms with E-state index in [9.17, 15) is 28.6 Å². The molecule has 12 heteroatoms. The Hall–Kier alpha value is -3.72. The SMILES string of the molecule is N#C/C(=C\c1ccc(OS(=O)(=O)c2cccc([N+](=O)[O-])c2)c(Br)c1)C(=O)Nc1cccc(Cl)c1. The third-order valence-corrected chi connectivity index (χ3v) is 6.32. The number of hydrogen-bond acceptors (Lipinski definition) is 7. The number of benzene rings is 3. The molecule has 0 fully saturated rings. The van der Waals surface area contributed by atoms with Gasteiger partial charge < -0.3 is 9.50 Å². The average Bonchev–Trinajstić information content (AvgIpc) is 2.79. The number of hydrogen-bond donors (Lipinski definition) is 1. The predicted octanol–water partition coefficient (Wildman–Crippen LogP) is 5.32. The van der Waals surface area contributed by atoms with Crippen LogP contribution >= 0.6 is 27.5 Å². The highest BCUT2D eigenvalue weighted by atomic mass is 79.9. The Kier molecular flexibility index (Phi) is 7.68. The van der Waals surface area contributed by atoms with Crippen LogP contribution in [0.4, 0.5) is 11.4 Å². The Morgan fingerprint density at radius 1 is 1.15 bits per heavy atom. The van der Waals surface area contributed by atoms with Gasteiger partial charge in [-0.15, -0.1) is 0 Å². The van der Waals surface area contributed by atoms with Crippen LogP contribution in [-0.4, -0.2) is 19.2 Å². The van der Waals surface area contributed by atoms with Gasteiger partial charge in [-0.1, -0.05) is 29.8 Å². The van der Waals surface area contributed by atoms with Crippen molar-refractivity contribution in [3.05, 3.63) is 97.5 Å². The van der Waals surface area contributed by atoms with Gasteiger partial charge in [0.05, 0.1) is 9.40 Å². The predicted molar refractivity (Wildman–Crippen MR) is 129 cm³/mol. The number of nitro benzene ring substituents is 1. The summed E-state index contributed by atoms with van der Waals surface area (Å²) in [5.41, 5.74) is 0.216. The lowest BCUT2D eigenvalue weighted by atomic mass is 10.1. The van der Waals surface area contributed by atoms with Crippen LogP contribution in [0.2, 0.25) is 5.02 Å². The molecule has 172 valence electrons. The number of nitriles is 1. The lowest BCUT2D eigenvalue weighted by molar-refractivity contribution is -0.385. The van der Waals surface area contributed by atoms with Gasteiger partial charge in [0.25, 0.3) is 11.6 Å². The van der Waals surface area contributed by atoms with Crippen molar-refractivity contribution in [1.29, 1.82) is 5.26 Å². The van der Waals surface area contributed by atoms with E-state index in [0.29, 0.717) is 16.3 Å². The first kappa shape index (κ1) is 24.9.